The number of nitrogens with zero attached hydrogens (tertiary/aromatic N) is 2. The summed E-state index contributed by atoms with van der Waals surface area (Å²) in [6.07, 6.45) is -2.80. The Kier molecular flexibility index (Phi) is 3.61. The van der Waals surface area contributed by atoms with E-state index in [-0.39, 0.29) is 17.9 Å². The molecule has 0 spiro atoms. The molecular weight excluding hydrogens is 196 g/mol. The van der Waals surface area contributed by atoms with Gasteiger partial charge in [-0.1, -0.05) is 0 Å². The van der Waals surface area contributed by atoms with Gasteiger partial charge in [0.05, 0.1) is 18.6 Å². The zero-order chi connectivity index (χ0) is 11.4. The van der Waals surface area contributed by atoms with Crippen molar-refractivity contribution in [3.63, 3.8) is 0 Å². The van der Waals surface area contributed by atoms with Crippen molar-refractivity contribution in [3.05, 3.63) is 23.5 Å². The first-order valence-electron chi connectivity index (χ1n) is 4.46. The van der Waals surface area contributed by atoms with Crippen LogP contribution in [0.25, 0.3) is 0 Å². The molecule has 0 saturated heterocycles. The van der Waals surface area contributed by atoms with Gasteiger partial charge in [0.1, 0.15) is 17.5 Å². The summed E-state index contributed by atoms with van der Waals surface area (Å²) < 4.78 is 0. The molecular formula is C10H12N2O3. The maximum Gasteiger partial charge on any atom is 0.139 e. The number of aryl methyl sites for hydroxylation is 1. The third kappa shape index (κ3) is 2.65. The van der Waals surface area contributed by atoms with Gasteiger partial charge in [-0.3, -0.25) is 4.98 Å². The zero-order valence-electron chi connectivity index (χ0n) is 8.25. The molecule has 0 radical (unpaired) electrons. The molecule has 1 aromatic rings. The average Bonchev–Trinajstić information content (AvgIpc) is 2.21. The van der Waals surface area contributed by atoms with Crippen LogP contribution in [-0.4, -0.2) is 26.4 Å². The van der Waals surface area contributed by atoms with Crippen LogP contribution in [0.15, 0.2) is 12.1 Å². The number of aromatic nitrogens is 1. The van der Waals surface area contributed by atoms with Crippen molar-refractivity contribution < 1.29 is 15.3 Å². The number of aromatic hydroxyl groups is 1. The van der Waals surface area contributed by atoms with Gasteiger partial charge < -0.3 is 15.3 Å². The lowest BCUT2D eigenvalue weighted by Gasteiger charge is -2.15. The van der Waals surface area contributed by atoms with E-state index < -0.39 is 12.2 Å². The summed E-state index contributed by atoms with van der Waals surface area (Å²) in [5, 5.41) is 36.7. The molecule has 2 unspecified atom stereocenters. The molecule has 2 atom stereocenters. The standard InChI is InChI=1S/C10H12N2O3/c1-6-2-3-7(13)9(12-6)10(15)8(14)4-5-11/h2-3,8,10,13-15H,4H2,1H3. The second-order valence-corrected chi connectivity index (χ2v) is 3.23. The fourth-order valence-electron chi connectivity index (χ4n) is 1.17. The average molecular weight is 208 g/mol. The van der Waals surface area contributed by atoms with Gasteiger partial charge in [0.25, 0.3) is 0 Å². The number of pyridine rings is 1. The minimum absolute atomic E-state index is 0.00208. The van der Waals surface area contributed by atoms with Crippen molar-refractivity contribution in [2.75, 3.05) is 0 Å². The summed E-state index contributed by atoms with van der Waals surface area (Å²) in [7, 11) is 0. The highest BCUT2D eigenvalue weighted by Gasteiger charge is 2.22. The van der Waals surface area contributed by atoms with E-state index in [0.29, 0.717) is 5.69 Å². The first kappa shape index (κ1) is 11.4. The topological polar surface area (TPSA) is 97.4 Å². The SMILES string of the molecule is Cc1ccc(O)c(C(O)C(O)CC#N)n1. The van der Waals surface area contributed by atoms with Gasteiger partial charge in [0.15, 0.2) is 0 Å². The van der Waals surface area contributed by atoms with Crippen LogP contribution in [0.2, 0.25) is 0 Å². The van der Waals surface area contributed by atoms with Crippen LogP contribution in [0, 0.1) is 18.3 Å². The number of aliphatic hydroxyl groups is 2. The third-order valence-corrected chi connectivity index (χ3v) is 1.99. The molecule has 5 heteroatoms. The van der Waals surface area contributed by atoms with Crippen molar-refractivity contribution in [2.24, 2.45) is 0 Å². The van der Waals surface area contributed by atoms with Crippen LogP contribution < -0.4 is 0 Å². The van der Waals surface area contributed by atoms with Gasteiger partial charge in [-0.25, -0.2) is 0 Å². The van der Waals surface area contributed by atoms with Gasteiger partial charge >= 0.3 is 0 Å². The quantitative estimate of drug-likeness (QED) is 0.668. The van der Waals surface area contributed by atoms with E-state index in [9.17, 15) is 15.3 Å². The zero-order valence-corrected chi connectivity index (χ0v) is 8.25. The molecule has 5 nitrogen and oxygen atoms in total. The van der Waals surface area contributed by atoms with E-state index in [4.69, 9.17) is 5.26 Å². The molecule has 0 aliphatic rings. The molecule has 0 aliphatic heterocycles. The Hall–Kier alpha value is -1.64. The molecule has 1 aromatic heterocycles. The molecule has 0 aliphatic carbocycles. The Balaban J connectivity index is 2.95. The highest BCUT2D eigenvalue weighted by atomic mass is 16.3. The monoisotopic (exact) mass is 208 g/mol. The summed E-state index contributed by atoms with van der Waals surface area (Å²) in [6.45, 7) is 1.70. The van der Waals surface area contributed by atoms with Gasteiger partial charge in [-0.05, 0) is 19.1 Å². The van der Waals surface area contributed by atoms with Gasteiger partial charge in [0.2, 0.25) is 0 Å². The Morgan fingerprint density at radius 2 is 2.13 bits per heavy atom. The van der Waals surface area contributed by atoms with Crippen LogP contribution in [0.3, 0.4) is 0 Å². The fourth-order valence-corrected chi connectivity index (χ4v) is 1.17. The number of nitriles is 1. The lowest BCUT2D eigenvalue weighted by atomic mass is 10.1. The Morgan fingerprint density at radius 3 is 2.73 bits per heavy atom. The lowest BCUT2D eigenvalue weighted by molar-refractivity contribution is 0.0174. The predicted molar refractivity (Wildman–Crippen MR) is 51.8 cm³/mol. The molecule has 3 N–H and O–H groups in total. The largest absolute Gasteiger partial charge is 0.506 e. The third-order valence-electron chi connectivity index (χ3n) is 1.99. The van der Waals surface area contributed by atoms with E-state index in [1.165, 1.54) is 6.07 Å². The van der Waals surface area contributed by atoms with Gasteiger partial charge in [-0.2, -0.15) is 5.26 Å². The summed E-state index contributed by atoms with van der Waals surface area (Å²) in [4.78, 5) is 3.91. The summed E-state index contributed by atoms with van der Waals surface area (Å²) in [5.41, 5.74) is 0.615. The molecule has 15 heavy (non-hydrogen) atoms. The van der Waals surface area contributed by atoms with Crippen LogP contribution in [0.4, 0.5) is 0 Å². The van der Waals surface area contributed by atoms with Crippen molar-refractivity contribution in [3.8, 4) is 11.8 Å². The maximum absolute atomic E-state index is 9.60. The van der Waals surface area contributed by atoms with E-state index in [1.54, 1.807) is 19.1 Å². The molecule has 1 rings (SSSR count). The van der Waals surface area contributed by atoms with Crippen molar-refractivity contribution >= 4 is 0 Å². The van der Waals surface area contributed by atoms with Crippen molar-refractivity contribution in [2.45, 2.75) is 25.6 Å². The van der Waals surface area contributed by atoms with E-state index >= 15 is 0 Å². The number of hydrogen-bond donors (Lipinski definition) is 3. The summed E-state index contributed by atoms with van der Waals surface area (Å²) >= 11 is 0. The number of aliphatic hydroxyl groups excluding tert-OH is 2. The van der Waals surface area contributed by atoms with Crippen LogP contribution in [0.1, 0.15) is 23.9 Å². The smallest absolute Gasteiger partial charge is 0.139 e. The normalized spacial score (nSPS) is 14.3. The Bertz CT molecular complexity index is 387. The molecule has 0 fully saturated rings. The number of rotatable bonds is 3. The maximum atomic E-state index is 9.60. The summed E-state index contributed by atoms with van der Waals surface area (Å²) in [5.74, 6) is -0.190. The molecule has 1 heterocycles. The fraction of sp³-hybridized carbons (Fsp3) is 0.400. The minimum atomic E-state index is -1.34. The molecule has 0 aromatic carbocycles. The predicted octanol–water partition coefficient (Wildman–Crippen LogP) is 0.404. The van der Waals surface area contributed by atoms with Crippen LogP contribution in [0.5, 0.6) is 5.75 Å². The Morgan fingerprint density at radius 1 is 1.47 bits per heavy atom. The lowest BCUT2D eigenvalue weighted by Crippen LogP contribution is -2.19. The first-order chi connectivity index (χ1) is 7.06. The minimum Gasteiger partial charge on any atom is -0.506 e. The Labute approximate surface area is 87.3 Å². The number of hydrogen-bond acceptors (Lipinski definition) is 5. The molecule has 0 saturated carbocycles. The first-order valence-corrected chi connectivity index (χ1v) is 4.46. The van der Waals surface area contributed by atoms with E-state index in [0.717, 1.165) is 0 Å². The van der Waals surface area contributed by atoms with Gasteiger partial charge in [0, 0.05) is 5.69 Å². The van der Waals surface area contributed by atoms with Gasteiger partial charge in [-0.15, -0.1) is 0 Å². The van der Waals surface area contributed by atoms with Crippen molar-refractivity contribution in [1.82, 2.24) is 4.98 Å². The van der Waals surface area contributed by atoms with Crippen LogP contribution >= 0.6 is 0 Å². The highest BCUT2D eigenvalue weighted by molar-refractivity contribution is 5.29. The molecule has 0 bridgehead atoms. The second-order valence-electron chi connectivity index (χ2n) is 3.23. The molecule has 80 valence electrons. The van der Waals surface area contributed by atoms with E-state index in [1.807, 2.05) is 0 Å². The summed E-state index contributed by atoms with van der Waals surface area (Å²) in [6, 6.07) is 4.71. The highest BCUT2D eigenvalue weighted by Crippen LogP contribution is 2.25. The van der Waals surface area contributed by atoms with Crippen LogP contribution in [-0.2, 0) is 0 Å². The van der Waals surface area contributed by atoms with E-state index in [2.05, 4.69) is 4.98 Å². The van der Waals surface area contributed by atoms with Crippen molar-refractivity contribution in [1.29, 1.82) is 5.26 Å². The second kappa shape index (κ2) is 4.73. The molecule has 0 amide bonds.